The quantitative estimate of drug-likeness (QED) is 0.141. The molecule has 4 nitrogen and oxygen atoms in total. The summed E-state index contributed by atoms with van der Waals surface area (Å²) >= 11 is 0. The molecule has 0 saturated heterocycles. The molecule has 0 bridgehead atoms. The van der Waals surface area contributed by atoms with Crippen LogP contribution in [0.1, 0.15) is 156 Å². The van der Waals surface area contributed by atoms with Gasteiger partial charge in [0.25, 0.3) is 6.71 Å². The van der Waals surface area contributed by atoms with E-state index in [2.05, 4.69) is 389 Å². The number of rotatable bonds is 8. The number of fused-ring (bicyclic) bond motifs is 12. The predicted molar refractivity (Wildman–Crippen MR) is 459 cm³/mol. The highest BCUT2D eigenvalue weighted by molar-refractivity contribution is 7.00. The molecule has 2 aliphatic carbocycles. The van der Waals surface area contributed by atoms with E-state index in [4.69, 9.17) is 0 Å². The molecule has 13 aromatic carbocycles. The molecule has 2 aliphatic heterocycles. The van der Waals surface area contributed by atoms with E-state index < -0.39 is 0 Å². The maximum atomic E-state index is 2.65. The van der Waals surface area contributed by atoms with Crippen molar-refractivity contribution in [2.24, 2.45) is 0 Å². The zero-order valence-corrected chi connectivity index (χ0v) is 64.7. The van der Waals surface area contributed by atoms with Crippen LogP contribution in [0.2, 0.25) is 0 Å². The molecule has 0 fully saturated rings. The van der Waals surface area contributed by atoms with Crippen molar-refractivity contribution >= 4 is 101 Å². The van der Waals surface area contributed by atoms with E-state index in [9.17, 15) is 0 Å². The van der Waals surface area contributed by atoms with Gasteiger partial charge in [0.15, 0.2) is 0 Å². The molecule has 0 amide bonds. The molecule has 5 heteroatoms. The number of hydrogen-bond acceptors (Lipinski definition) is 2. The van der Waals surface area contributed by atoms with Gasteiger partial charge in [0.2, 0.25) is 0 Å². The summed E-state index contributed by atoms with van der Waals surface area (Å²) in [7, 11) is 0. The van der Waals surface area contributed by atoms with Gasteiger partial charge in [-0.3, -0.25) is 0 Å². The average Bonchev–Trinajstić information content (AvgIpc) is 1.39. The van der Waals surface area contributed by atoms with Crippen LogP contribution >= 0.6 is 0 Å². The summed E-state index contributed by atoms with van der Waals surface area (Å²) in [5.74, 6) is 0. The summed E-state index contributed by atoms with van der Waals surface area (Å²) in [5.41, 5.74) is 36.2. The number of benzene rings is 13. The molecule has 2 aromatic heterocycles. The van der Waals surface area contributed by atoms with Crippen molar-refractivity contribution in [3.05, 3.63) is 306 Å². The Bertz CT molecular complexity index is 6160. The fourth-order valence-corrected chi connectivity index (χ4v) is 19.1. The van der Waals surface area contributed by atoms with E-state index in [1.54, 1.807) is 0 Å². The lowest BCUT2D eigenvalue weighted by molar-refractivity contribution is 0.332. The summed E-state index contributed by atoms with van der Waals surface area (Å²) in [6.07, 6.45) is 4.70. The van der Waals surface area contributed by atoms with Gasteiger partial charge in [-0.25, -0.2) is 0 Å². The first-order valence-corrected chi connectivity index (χ1v) is 39.1. The van der Waals surface area contributed by atoms with Crippen LogP contribution in [0, 0.1) is 0 Å². The van der Waals surface area contributed by atoms with E-state index in [0.29, 0.717) is 0 Å². The maximum absolute atomic E-state index is 2.65. The van der Waals surface area contributed by atoms with Gasteiger partial charge in [0.1, 0.15) is 0 Å². The van der Waals surface area contributed by atoms with E-state index in [-0.39, 0.29) is 39.2 Å². The lowest BCUT2D eigenvalue weighted by Crippen LogP contribution is -2.61. The molecular formula is C102H95BN4. The number of anilines is 6. The largest absolute Gasteiger partial charge is 0.311 e. The van der Waals surface area contributed by atoms with Crippen molar-refractivity contribution in [3.8, 4) is 55.9 Å². The van der Waals surface area contributed by atoms with Gasteiger partial charge in [0, 0.05) is 61.4 Å². The first-order chi connectivity index (χ1) is 51.3. The minimum Gasteiger partial charge on any atom is -0.311 e. The second-order valence-corrected chi connectivity index (χ2v) is 36.3. The number of hydrogen-bond donors (Lipinski definition) is 0. The number of para-hydroxylation sites is 2. The van der Waals surface area contributed by atoms with Gasteiger partial charge < -0.3 is 18.9 Å². The highest BCUT2D eigenvalue weighted by Crippen LogP contribution is 2.52. The van der Waals surface area contributed by atoms with Crippen molar-refractivity contribution in [2.75, 3.05) is 9.80 Å². The average molecular weight is 1390 g/mol. The van der Waals surface area contributed by atoms with Gasteiger partial charge in [-0.05, 0) is 243 Å². The molecule has 0 saturated carbocycles. The summed E-state index contributed by atoms with van der Waals surface area (Å²) in [5, 5.41) is 4.96. The molecule has 0 N–H and O–H groups in total. The Labute approximate surface area is 633 Å². The summed E-state index contributed by atoms with van der Waals surface area (Å²) < 4.78 is 5.09. The standard InChI is InChI=1S/C102H95BN4/c1-97(2,3)72-26-22-25-67(55-72)71-38-49-92-87(59-71)103-86-47-44-76(106-88-29-20-19-28-79(88)81-60-73(98(4,5)6)39-50-91(81)106)61-93(86)105(75-42-33-66(34-43-75)70-36-46-83-85(58-70)102(13,14)54-52-100(83,9)10)95-63-77(107-89-30-21-18-27-78(89)80-56-68(37-48-90(80)107)64-23-16-15-17-24-64)62-94(96(95)103)104(92)74-40-31-65(32-41-74)69-35-45-82-84(57-69)101(11,12)53-51-99(82,7)8/h15-50,55-63H,51-54H2,1-14H3. The van der Waals surface area contributed by atoms with E-state index in [0.717, 1.165) is 57.3 Å². The van der Waals surface area contributed by atoms with Crippen LogP contribution in [0.3, 0.4) is 0 Å². The van der Waals surface area contributed by atoms with Crippen LogP contribution in [0.15, 0.2) is 273 Å². The van der Waals surface area contributed by atoms with Crippen LogP contribution in [0.4, 0.5) is 34.1 Å². The first-order valence-electron chi connectivity index (χ1n) is 39.1. The van der Waals surface area contributed by atoms with Crippen LogP contribution in [0.5, 0.6) is 0 Å². The lowest BCUT2D eigenvalue weighted by Gasteiger charge is -2.44. The molecular weight excluding hydrogens is 1290 g/mol. The third kappa shape index (κ3) is 10.7. The van der Waals surface area contributed by atoms with Gasteiger partial charge in [-0.15, -0.1) is 0 Å². The van der Waals surface area contributed by atoms with Gasteiger partial charge in [-0.1, -0.05) is 279 Å². The normalized spacial score (nSPS) is 16.0. The summed E-state index contributed by atoms with van der Waals surface area (Å²) in [6, 6.07) is 106. The Balaban J connectivity index is 0.897. The Hall–Kier alpha value is -10.9. The van der Waals surface area contributed by atoms with Crippen molar-refractivity contribution in [1.82, 2.24) is 9.13 Å². The van der Waals surface area contributed by atoms with E-state index in [1.807, 2.05) is 0 Å². The van der Waals surface area contributed by atoms with Crippen LogP contribution < -0.4 is 26.2 Å². The topological polar surface area (TPSA) is 16.3 Å². The highest BCUT2D eigenvalue weighted by Gasteiger charge is 2.46. The lowest BCUT2D eigenvalue weighted by atomic mass is 9.33. The summed E-state index contributed by atoms with van der Waals surface area (Å²) in [4.78, 5) is 5.27. The zero-order chi connectivity index (χ0) is 73.6. The third-order valence-electron chi connectivity index (χ3n) is 25.6. The molecule has 0 unspecified atom stereocenters. The number of nitrogens with zero attached hydrogens (tertiary/aromatic N) is 4. The smallest absolute Gasteiger partial charge is 0.252 e. The molecule has 15 aromatic rings. The minimum absolute atomic E-state index is 0.0239. The van der Waals surface area contributed by atoms with Crippen LogP contribution in [0.25, 0.3) is 99.5 Å². The van der Waals surface area contributed by atoms with Crippen LogP contribution in [-0.4, -0.2) is 15.8 Å². The second kappa shape index (κ2) is 23.8. The first kappa shape index (κ1) is 66.8. The Morgan fingerprint density at radius 2 is 0.664 bits per heavy atom. The predicted octanol–water partition coefficient (Wildman–Crippen LogP) is 25.9. The van der Waals surface area contributed by atoms with Crippen molar-refractivity contribution in [1.29, 1.82) is 0 Å². The van der Waals surface area contributed by atoms with Crippen molar-refractivity contribution in [3.63, 3.8) is 0 Å². The Morgan fingerprint density at radius 3 is 1.23 bits per heavy atom. The molecule has 0 atom stereocenters. The fourth-order valence-electron chi connectivity index (χ4n) is 19.1. The zero-order valence-electron chi connectivity index (χ0n) is 64.7. The summed E-state index contributed by atoms with van der Waals surface area (Å²) in [6.45, 7) is 33.3. The Morgan fingerprint density at radius 1 is 0.262 bits per heavy atom. The third-order valence-corrected chi connectivity index (χ3v) is 25.6. The second-order valence-electron chi connectivity index (χ2n) is 36.3. The van der Waals surface area contributed by atoms with Gasteiger partial charge in [0.05, 0.1) is 27.8 Å². The van der Waals surface area contributed by atoms with E-state index in [1.165, 1.54) is 152 Å². The fraction of sp³-hybridized carbons (Fsp3) is 0.235. The number of aromatic nitrogens is 2. The molecule has 526 valence electrons. The molecule has 0 spiro atoms. The monoisotopic (exact) mass is 1390 g/mol. The molecule has 19 rings (SSSR count). The molecule has 4 heterocycles. The van der Waals surface area contributed by atoms with Crippen LogP contribution in [-0.2, 0) is 32.5 Å². The molecule has 0 radical (unpaired) electrons. The van der Waals surface area contributed by atoms with Crippen molar-refractivity contribution < 1.29 is 0 Å². The molecule has 4 aliphatic rings. The highest BCUT2D eigenvalue weighted by atomic mass is 15.2. The Kier molecular flexibility index (Phi) is 14.9. The molecule has 107 heavy (non-hydrogen) atoms. The maximum Gasteiger partial charge on any atom is 0.252 e. The van der Waals surface area contributed by atoms with E-state index >= 15 is 0 Å². The van der Waals surface area contributed by atoms with Gasteiger partial charge in [-0.2, -0.15) is 0 Å². The van der Waals surface area contributed by atoms with Gasteiger partial charge >= 0.3 is 0 Å². The van der Waals surface area contributed by atoms with Crippen molar-refractivity contribution in [2.45, 2.75) is 155 Å². The minimum atomic E-state index is -0.185. The SMILES string of the molecule is CC(C)(C)c1cccc(-c2ccc3c(c2)B2c4ccc(-n5c6ccccc6c6cc(C(C)(C)C)ccc65)cc4N(c4ccc(-c5ccc6c(c5)C(C)(C)CCC6(C)C)cc4)c4cc(-n5c6ccccc6c6cc(-c7ccccc7)ccc65)cc(c42)N3c2ccc(-c3ccc4c(c3)C(C)(C)CCC4(C)C)cc2)c1.